The maximum absolute atomic E-state index is 6.26. The summed E-state index contributed by atoms with van der Waals surface area (Å²) in [6, 6.07) is 16.7. The molecule has 4 rings (SSSR count). The van der Waals surface area contributed by atoms with Crippen molar-refractivity contribution in [1.29, 1.82) is 0 Å². The number of hydrogen-bond acceptors (Lipinski definition) is 6. The number of hydrogen-bond donors (Lipinski definition) is 2. The highest BCUT2D eigenvalue weighted by Gasteiger charge is 2.21. The molecule has 1 fully saturated rings. The van der Waals surface area contributed by atoms with Crippen LogP contribution in [0.15, 0.2) is 48.5 Å². The van der Waals surface area contributed by atoms with Crippen LogP contribution < -0.4 is 21.3 Å². The van der Waals surface area contributed by atoms with Gasteiger partial charge < -0.3 is 21.3 Å². The van der Waals surface area contributed by atoms with Gasteiger partial charge in [0.25, 0.3) is 0 Å². The van der Waals surface area contributed by atoms with Crippen LogP contribution >= 0.6 is 0 Å². The molecule has 0 unspecified atom stereocenters. The summed E-state index contributed by atoms with van der Waals surface area (Å²) < 4.78 is 0. The lowest BCUT2D eigenvalue weighted by Gasteiger charge is -2.36. The molecule has 0 atom stereocenters. The SMILES string of the molecule is Cc1ccc(-c2c(N)nc(N3CCN(c4ccc(C)cc4)CC3)nc2N)cc1. The average Bonchev–Trinajstić information content (AvgIpc) is 2.70. The summed E-state index contributed by atoms with van der Waals surface area (Å²) in [4.78, 5) is 13.6. The Balaban J connectivity index is 1.51. The Hall–Kier alpha value is -3.28. The maximum atomic E-state index is 6.26. The Bertz CT molecular complexity index is 934. The van der Waals surface area contributed by atoms with Crippen LogP contribution in [0.2, 0.25) is 0 Å². The molecule has 1 saturated heterocycles. The zero-order valence-electron chi connectivity index (χ0n) is 16.4. The highest BCUT2D eigenvalue weighted by molar-refractivity contribution is 5.83. The van der Waals surface area contributed by atoms with Gasteiger partial charge in [-0.05, 0) is 31.5 Å². The lowest BCUT2D eigenvalue weighted by molar-refractivity contribution is 0.641. The van der Waals surface area contributed by atoms with Gasteiger partial charge in [0.15, 0.2) is 0 Å². The average molecular weight is 374 g/mol. The maximum Gasteiger partial charge on any atom is 0.229 e. The van der Waals surface area contributed by atoms with Crippen molar-refractivity contribution in [3.05, 3.63) is 59.7 Å². The molecule has 28 heavy (non-hydrogen) atoms. The van der Waals surface area contributed by atoms with Crippen molar-refractivity contribution in [3.63, 3.8) is 0 Å². The normalized spacial score (nSPS) is 14.4. The largest absolute Gasteiger partial charge is 0.383 e. The van der Waals surface area contributed by atoms with Crippen LogP contribution in [0, 0.1) is 13.8 Å². The van der Waals surface area contributed by atoms with E-state index in [9.17, 15) is 0 Å². The van der Waals surface area contributed by atoms with E-state index < -0.39 is 0 Å². The van der Waals surface area contributed by atoms with Gasteiger partial charge in [-0.1, -0.05) is 47.5 Å². The second-order valence-corrected chi connectivity index (χ2v) is 7.34. The quantitative estimate of drug-likeness (QED) is 0.732. The van der Waals surface area contributed by atoms with Gasteiger partial charge in [0.05, 0.1) is 5.56 Å². The van der Waals surface area contributed by atoms with E-state index >= 15 is 0 Å². The minimum Gasteiger partial charge on any atom is -0.383 e. The molecule has 2 heterocycles. The van der Waals surface area contributed by atoms with Gasteiger partial charge in [0, 0.05) is 31.9 Å². The summed E-state index contributed by atoms with van der Waals surface area (Å²) in [7, 11) is 0. The first-order chi connectivity index (χ1) is 13.5. The fourth-order valence-electron chi connectivity index (χ4n) is 3.56. The minimum atomic E-state index is 0.423. The van der Waals surface area contributed by atoms with Crippen molar-refractivity contribution in [1.82, 2.24) is 9.97 Å². The Morgan fingerprint density at radius 3 is 1.68 bits per heavy atom. The van der Waals surface area contributed by atoms with Crippen molar-refractivity contribution in [2.24, 2.45) is 0 Å². The number of rotatable bonds is 3. The number of nitrogens with two attached hydrogens (primary N) is 2. The van der Waals surface area contributed by atoms with E-state index in [1.807, 2.05) is 31.2 Å². The molecular weight excluding hydrogens is 348 g/mol. The number of aryl methyl sites for hydroxylation is 2. The zero-order valence-corrected chi connectivity index (χ0v) is 16.4. The van der Waals surface area contributed by atoms with Crippen molar-refractivity contribution in [2.45, 2.75) is 13.8 Å². The van der Waals surface area contributed by atoms with Crippen LogP contribution in [-0.4, -0.2) is 36.1 Å². The lowest BCUT2D eigenvalue weighted by Crippen LogP contribution is -2.47. The van der Waals surface area contributed by atoms with Gasteiger partial charge in [0.1, 0.15) is 11.6 Å². The summed E-state index contributed by atoms with van der Waals surface area (Å²) in [5, 5.41) is 0. The van der Waals surface area contributed by atoms with Gasteiger partial charge in [-0.15, -0.1) is 0 Å². The third-order valence-electron chi connectivity index (χ3n) is 5.26. The third kappa shape index (κ3) is 3.58. The fraction of sp³-hybridized carbons (Fsp3) is 0.273. The molecule has 144 valence electrons. The van der Waals surface area contributed by atoms with Crippen molar-refractivity contribution < 1.29 is 0 Å². The van der Waals surface area contributed by atoms with Crippen molar-refractivity contribution >= 4 is 23.3 Å². The monoisotopic (exact) mass is 374 g/mol. The van der Waals surface area contributed by atoms with E-state index in [1.54, 1.807) is 0 Å². The Kier molecular flexibility index (Phi) is 4.77. The number of nitrogen functional groups attached to an aromatic ring is 2. The first kappa shape index (κ1) is 18.1. The van der Waals surface area contributed by atoms with E-state index in [-0.39, 0.29) is 0 Å². The van der Waals surface area contributed by atoms with E-state index in [1.165, 1.54) is 16.8 Å². The standard InChI is InChI=1S/C22H26N6/c1-15-3-7-17(8-4-15)19-20(23)25-22(26-21(19)24)28-13-11-27(12-14-28)18-9-5-16(2)6-10-18/h3-10H,11-14H2,1-2H3,(H4,23,24,25,26). The van der Waals surface area contributed by atoms with E-state index in [0.717, 1.165) is 31.7 Å². The second kappa shape index (κ2) is 7.38. The van der Waals surface area contributed by atoms with E-state index in [4.69, 9.17) is 11.5 Å². The zero-order chi connectivity index (χ0) is 19.7. The molecule has 2 aromatic carbocycles. The first-order valence-corrected chi connectivity index (χ1v) is 9.58. The van der Waals surface area contributed by atoms with Crippen LogP contribution in [-0.2, 0) is 0 Å². The first-order valence-electron chi connectivity index (χ1n) is 9.58. The van der Waals surface area contributed by atoms with E-state index in [0.29, 0.717) is 23.1 Å². The summed E-state index contributed by atoms with van der Waals surface area (Å²) in [6.45, 7) is 7.63. The predicted molar refractivity (Wildman–Crippen MR) is 117 cm³/mol. The molecule has 0 amide bonds. The van der Waals surface area contributed by atoms with Crippen LogP contribution in [0.4, 0.5) is 23.3 Å². The van der Waals surface area contributed by atoms with Crippen LogP contribution in [0.25, 0.3) is 11.1 Å². The summed E-state index contributed by atoms with van der Waals surface area (Å²) in [6.07, 6.45) is 0. The number of nitrogens with zero attached hydrogens (tertiary/aromatic N) is 4. The molecular formula is C22H26N6. The Morgan fingerprint density at radius 1 is 0.679 bits per heavy atom. The molecule has 0 saturated carbocycles. The predicted octanol–water partition coefficient (Wildman–Crippen LogP) is 3.25. The van der Waals surface area contributed by atoms with Gasteiger partial charge >= 0.3 is 0 Å². The van der Waals surface area contributed by atoms with Crippen LogP contribution in [0.1, 0.15) is 11.1 Å². The third-order valence-corrected chi connectivity index (χ3v) is 5.26. The lowest BCUT2D eigenvalue weighted by atomic mass is 10.1. The molecule has 6 nitrogen and oxygen atoms in total. The van der Waals surface area contributed by atoms with Crippen molar-refractivity contribution in [2.75, 3.05) is 47.4 Å². The number of anilines is 4. The Labute approximate surface area is 165 Å². The summed E-state index contributed by atoms with van der Waals surface area (Å²) in [5.74, 6) is 1.45. The highest BCUT2D eigenvalue weighted by Crippen LogP contribution is 2.31. The summed E-state index contributed by atoms with van der Waals surface area (Å²) in [5.41, 5.74) is 17.9. The molecule has 1 aliphatic heterocycles. The highest BCUT2D eigenvalue weighted by atomic mass is 15.3. The van der Waals surface area contributed by atoms with Crippen LogP contribution in [0.5, 0.6) is 0 Å². The minimum absolute atomic E-state index is 0.423. The van der Waals surface area contributed by atoms with Gasteiger partial charge in [-0.25, -0.2) is 0 Å². The number of benzene rings is 2. The molecule has 4 N–H and O–H groups in total. The van der Waals surface area contributed by atoms with Crippen LogP contribution in [0.3, 0.4) is 0 Å². The van der Waals surface area contributed by atoms with Gasteiger partial charge in [-0.2, -0.15) is 9.97 Å². The molecule has 0 spiro atoms. The van der Waals surface area contributed by atoms with Gasteiger partial charge in [-0.3, -0.25) is 0 Å². The number of aromatic nitrogens is 2. The smallest absolute Gasteiger partial charge is 0.229 e. The topological polar surface area (TPSA) is 84.3 Å². The molecule has 1 aliphatic rings. The fourth-order valence-corrected chi connectivity index (χ4v) is 3.56. The molecule has 3 aromatic rings. The molecule has 6 heteroatoms. The molecule has 0 radical (unpaired) electrons. The summed E-state index contributed by atoms with van der Waals surface area (Å²) >= 11 is 0. The van der Waals surface area contributed by atoms with E-state index in [2.05, 4.69) is 51.0 Å². The van der Waals surface area contributed by atoms with Crippen molar-refractivity contribution in [3.8, 4) is 11.1 Å². The molecule has 0 aliphatic carbocycles. The Morgan fingerprint density at radius 2 is 1.14 bits per heavy atom. The molecule has 0 bridgehead atoms. The molecule has 1 aromatic heterocycles. The second-order valence-electron chi connectivity index (χ2n) is 7.34. The van der Waals surface area contributed by atoms with Gasteiger partial charge in [0.2, 0.25) is 5.95 Å². The number of piperazine rings is 1.